The SMILES string of the molecule is CN1CC[C@@H](c2cc(-c3cccc(-c4ccnc(Nc5ccnn6ccnc56)n4)n3)no2)C1=O. The summed E-state index contributed by atoms with van der Waals surface area (Å²) in [5.41, 5.74) is 3.91. The Morgan fingerprint density at radius 1 is 1.00 bits per heavy atom. The van der Waals surface area contributed by atoms with Gasteiger partial charge in [0.05, 0.1) is 29.0 Å². The van der Waals surface area contributed by atoms with Gasteiger partial charge in [0.15, 0.2) is 5.65 Å². The molecule has 1 aliphatic rings. The van der Waals surface area contributed by atoms with Gasteiger partial charge in [-0.15, -0.1) is 0 Å². The van der Waals surface area contributed by atoms with Gasteiger partial charge in [-0.2, -0.15) is 5.10 Å². The Morgan fingerprint density at radius 2 is 1.85 bits per heavy atom. The lowest BCUT2D eigenvalue weighted by Crippen LogP contribution is -2.21. The normalized spacial score (nSPS) is 15.9. The highest BCUT2D eigenvalue weighted by Gasteiger charge is 2.33. The van der Waals surface area contributed by atoms with Crippen LogP contribution in [0.2, 0.25) is 0 Å². The van der Waals surface area contributed by atoms with Crippen LogP contribution in [0.15, 0.2) is 65.7 Å². The van der Waals surface area contributed by atoms with Crippen molar-refractivity contribution in [2.75, 3.05) is 18.9 Å². The van der Waals surface area contributed by atoms with E-state index < -0.39 is 0 Å². The van der Waals surface area contributed by atoms with Crippen LogP contribution in [0, 0.1) is 0 Å². The molecule has 0 bridgehead atoms. The molecule has 0 aliphatic carbocycles. The van der Waals surface area contributed by atoms with Gasteiger partial charge in [-0.1, -0.05) is 11.2 Å². The fourth-order valence-electron chi connectivity index (χ4n) is 4.00. The molecule has 1 N–H and O–H groups in total. The van der Waals surface area contributed by atoms with Gasteiger partial charge in [-0.3, -0.25) is 4.79 Å². The summed E-state index contributed by atoms with van der Waals surface area (Å²) >= 11 is 0. The van der Waals surface area contributed by atoms with Crippen LogP contribution >= 0.6 is 0 Å². The molecule has 168 valence electrons. The summed E-state index contributed by atoms with van der Waals surface area (Å²) in [4.78, 5) is 32.0. The van der Waals surface area contributed by atoms with Gasteiger partial charge in [-0.05, 0) is 30.7 Å². The minimum Gasteiger partial charge on any atom is -0.360 e. The first-order valence-corrected chi connectivity index (χ1v) is 10.7. The zero-order valence-electron chi connectivity index (χ0n) is 18.2. The first kappa shape index (κ1) is 20.0. The summed E-state index contributed by atoms with van der Waals surface area (Å²) in [6, 6.07) is 11.0. The number of carbonyl (C=O) groups is 1. The van der Waals surface area contributed by atoms with E-state index >= 15 is 0 Å². The van der Waals surface area contributed by atoms with Gasteiger partial charge >= 0.3 is 0 Å². The van der Waals surface area contributed by atoms with Crippen LogP contribution in [0.5, 0.6) is 0 Å². The van der Waals surface area contributed by atoms with Gasteiger partial charge in [0.1, 0.15) is 17.4 Å². The Hall–Kier alpha value is -4.67. The van der Waals surface area contributed by atoms with Crippen LogP contribution in [-0.2, 0) is 4.79 Å². The number of hydrogen-bond donors (Lipinski definition) is 1. The Balaban J connectivity index is 1.27. The fraction of sp³-hybridized carbons (Fsp3) is 0.174. The van der Waals surface area contributed by atoms with E-state index in [1.165, 1.54) is 0 Å². The number of carbonyl (C=O) groups excluding carboxylic acids is 1. The summed E-state index contributed by atoms with van der Waals surface area (Å²) in [5.74, 6) is 0.730. The largest absolute Gasteiger partial charge is 0.360 e. The molecule has 0 unspecified atom stereocenters. The number of rotatable bonds is 5. The molecule has 34 heavy (non-hydrogen) atoms. The lowest BCUT2D eigenvalue weighted by Gasteiger charge is -2.07. The number of nitrogens with one attached hydrogen (secondary N) is 1. The molecule has 0 radical (unpaired) electrons. The van der Waals surface area contributed by atoms with E-state index in [0.29, 0.717) is 46.7 Å². The summed E-state index contributed by atoms with van der Waals surface area (Å²) in [6.45, 7) is 0.711. The maximum Gasteiger partial charge on any atom is 0.233 e. The molecule has 1 amide bonds. The van der Waals surface area contributed by atoms with E-state index in [1.807, 2.05) is 24.3 Å². The van der Waals surface area contributed by atoms with Crippen molar-refractivity contribution < 1.29 is 9.32 Å². The molecule has 0 spiro atoms. The minimum atomic E-state index is -0.292. The van der Waals surface area contributed by atoms with Gasteiger partial charge < -0.3 is 14.7 Å². The number of aromatic nitrogens is 7. The molecular weight excluding hydrogens is 434 g/mol. The molecule has 1 atom stereocenters. The second-order valence-electron chi connectivity index (χ2n) is 7.95. The third kappa shape index (κ3) is 3.52. The molecule has 6 rings (SSSR count). The smallest absolute Gasteiger partial charge is 0.233 e. The van der Waals surface area contributed by atoms with Gasteiger partial charge in [-0.25, -0.2) is 24.5 Å². The van der Waals surface area contributed by atoms with Crippen LogP contribution in [-0.4, -0.2) is 59.1 Å². The maximum atomic E-state index is 12.3. The molecule has 5 aromatic heterocycles. The van der Waals surface area contributed by atoms with E-state index in [9.17, 15) is 4.79 Å². The van der Waals surface area contributed by atoms with E-state index in [4.69, 9.17) is 9.51 Å². The summed E-state index contributed by atoms with van der Waals surface area (Å²) in [5, 5.41) is 11.6. The van der Waals surface area contributed by atoms with Crippen molar-refractivity contribution in [1.29, 1.82) is 0 Å². The van der Waals surface area contributed by atoms with E-state index in [1.54, 1.807) is 53.4 Å². The molecule has 5 aromatic rings. The van der Waals surface area contributed by atoms with Crippen LogP contribution in [0.3, 0.4) is 0 Å². The van der Waals surface area contributed by atoms with Crippen LogP contribution in [0.4, 0.5) is 11.6 Å². The van der Waals surface area contributed by atoms with Gasteiger partial charge in [0, 0.05) is 38.2 Å². The highest BCUT2D eigenvalue weighted by atomic mass is 16.5. The minimum absolute atomic E-state index is 0.0484. The second-order valence-corrected chi connectivity index (χ2v) is 7.95. The maximum absolute atomic E-state index is 12.3. The van der Waals surface area contributed by atoms with Gasteiger partial charge in [0.2, 0.25) is 11.9 Å². The number of pyridine rings is 1. The Kier molecular flexibility index (Phi) is 4.72. The lowest BCUT2D eigenvalue weighted by molar-refractivity contribution is -0.128. The van der Waals surface area contributed by atoms with Crippen molar-refractivity contribution in [1.82, 2.24) is 39.6 Å². The van der Waals surface area contributed by atoms with Crippen molar-refractivity contribution in [2.45, 2.75) is 12.3 Å². The zero-order chi connectivity index (χ0) is 23.1. The number of amides is 1. The quantitative estimate of drug-likeness (QED) is 0.427. The number of fused-ring (bicyclic) bond motifs is 1. The highest BCUT2D eigenvalue weighted by molar-refractivity contribution is 5.85. The van der Waals surface area contributed by atoms with E-state index in [2.05, 4.69) is 30.5 Å². The number of likely N-dealkylation sites (tertiary alicyclic amines) is 1. The van der Waals surface area contributed by atoms with E-state index in [0.717, 1.165) is 12.1 Å². The standard InChI is InChI=1S/C23H19N9O2/c1-31-11-7-14(22(31)33)20-13-19(30-34-20)16-4-2-3-15(27-16)17-5-8-25-23(28-17)29-18-6-9-26-32-12-10-24-21(18)32/h2-6,8-10,12-14H,7,11H2,1H3,(H,25,28,29)/t14-/m0/s1. The zero-order valence-corrected chi connectivity index (χ0v) is 18.2. The molecular formula is C23H19N9O2. The van der Waals surface area contributed by atoms with Crippen molar-refractivity contribution in [3.8, 4) is 22.8 Å². The second kappa shape index (κ2) is 8.03. The molecule has 1 fully saturated rings. The molecule has 1 saturated heterocycles. The first-order chi connectivity index (χ1) is 16.7. The molecule has 0 saturated carbocycles. The van der Waals surface area contributed by atoms with Crippen molar-refractivity contribution in [3.05, 3.63) is 66.9 Å². The van der Waals surface area contributed by atoms with Crippen LogP contribution in [0.25, 0.3) is 28.4 Å². The number of likely N-dealkylation sites (N-methyl/N-ethyl adjacent to an activating group) is 1. The lowest BCUT2D eigenvalue weighted by atomic mass is 10.0. The number of hydrogen-bond acceptors (Lipinski definition) is 9. The molecule has 11 heteroatoms. The molecule has 0 aromatic carbocycles. The Morgan fingerprint density at radius 3 is 2.71 bits per heavy atom. The molecule has 11 nitrogen and oxygen atoms in total. The number of imidazole rings is 1. The monoisotopic (exact) mass is 453 g/mol. The summed E-state index contributed by atoms with van der Waals surface area (Å²) < 4.78 is 7.16. The van der Waals surface area contributed by atoms with Crippen LogP contribution < -0.4 is 5.32 Å². The number of anilines is 2. The average Bonchev–Trinajstić information content (AvgIpc) is 3.61. The fourth-order valence-corrected chi connectivity index (χ4v) is 4.00. The van der Waals surface area contributed by atoms with Gasteiger partial charge in [0.25, 0.3) is 0 Å². The van der Waals surface area contributed by atoms with Crippen molar-refractivity contribution in [3.63, 3.8) is 0 Å². The third-order valence-corrected chi connectivity index (χ3v) is 5.77. The predicted octanol–water partition coefficient (Wildman–Crippen LogP) is 2.93. The predicted molar refractivity (Wildman–Crippen MR) is 122 cm³/mol. The topological polar surface area (TPSA) is 127 Å². The molecule has 1 aliphatic heterocycles. The Bertz CT molecular complexity index is 1510. The van der Waals surface area contributed by atoms with Crippen molar-refractivity contribution >= 4 is 23.2 Å². The Labute approximate surface area is 193 Å². The van der Waals surface area contributed by atoms with E-state index in [-0.39, 0.29) is 11.8 Å². The number of nitrogens with zero attached hydrogens (tertiary/aromatic N) is 8. The molecule has 6 heterocycles. The first-order valence-electron chi connectivity index (χ1n) is 10.7. The summed E-state index contributed by atoms with van der Waals surface area (Å²) in [6.07, 6.45) is 7.51. The van der Waals surface area contributed by atoms with Crippen LogP contribution in [0.1, 0.15) is 18.1 Å². The average molecular weight is 453 g/mol. The summed E-state index contributed by atoms with van der Waals surface area (Å²) in [7, 11) is 1.79. The third-order valence-electron chi connectivity index (χ3n) is 5.77. The van der Waals surface area contributed by atoms with Crippen molar-refractivity contribution in [2.24, 2.45) is 0 Å². The highest BCUT2D eigenvalue weighted by Crippen LogP contribution is 2.31.